The van der Waals surface area contributed by atoms with Gasteiger partial charge in [0.05, 0.1) is 10.9 Å². The van der Waals surface area contributed by atoms with Crippen LogP contribution in [0.5, 0.6) is 0 Å². The van der Waals surface area contributed by atoms with Crippen molar-refractivity contribution in [3.8, 4) is 0 Å². The van der Waals surface area contributed by atoms with Crippen molar-refractivity contribution in [2.24, 2.45) is 10.8 Å². The van der Waals surface area contributed by atoms with Gasteiger partial charge in [-0.15, -0.1) is 11.3 Å². The summed E-state index contributed by atoms with van der Waals surface area (Å²) < 4.78 is 0. The number of nitrogens with two attached hydrogens (primary N) is 1. The molecule has 3 nitrogen and oxygen atoms in total. The van der Waals surface area contributed by atoms with Crippen molar-refractivity contribution in [1.82, 2.24) is 5.43 Å². The SMILES string of the molecule is Cc1ccsc1C(=NC1CCCCCC1)NN. The molecule has 1 heterocycles. The molecule has 0 aromatic carbocycles. The average Bonchev–Trinajstić information content (AvgIpc) is 2.62. The molecule has 1 fully saturated rings. The van der Waals surface area contributed by atoms with Crippen molar-refractivity contribution >= 4 is 17.2 Å². The molecule has 1 aromatic heterocycles. The highest BCUT2D eigenvalue weighted by atomic mass is 32.1. The molecule has 1 aromatic rings. The molecule has 0 atom stereocenters. The lowest BCUT2D eigenvalue weighted by molar-refractivity contribution is 0.583. The summed E-state index contributed by atoms with van der Waals surface area (Å²) in [5.41, 5.74) is 4.02. The Morgan fingerprint density at radius 1 is 1.35 bits per heavy atom. The number of nitrogens with one attached hydrogen (secondary N) is 1. The number of rotatable bonds is 2. The minimum absolute atomic E-state index is 0.449. The Hall–Kier alpha value is -0.870. The summed E-state index contributed by atoms with van der Waals surface area (Å²) >= 11 is 1.70. The van der Waals surface area contributed by atoms with Crippen LogP contribution < -0.4 is 11.3 Å². The highest BCUT2D eigenvalue weighted by molar-refractivity contribution is 7.12. The lowest BCUT2D eigenvalue weighted by Crippen LogP contribution is -2.32. The van der Waals surface area contributed by atoms with Crippen molar-refractivity contribution in [2.75, 3.05) is 0 Å². The van der Waals surface area contributed by atoms with Gasteiger partial charge in [0.15, 0.2) is 5.84 Å². The lowest BCUT2D eigenvalue weighted by atomic mass is 10.1. The van der Waals surface area contributed by atoms with E-state index in [0.29, 0.717) is 6.04 Å². The third-order valence-corrected chi connectivity index (χ3v) is 4.37. The molecule has 0 unspecified atom stereocenters. The molecule has 0 amide bonds. The number of nitrogens with zero attached hydrogens (tertiary/aromatic N) is 1. The highest BCUT2D eigenvalue weighted by Gasteiger charge is 2.14. The minimum Gasteiger partial charge on any atom is -0.308 e. The molecule has 0 saturated heterocycles. The minimum atomic E-state index is 0.449. The van der Waals surface area contributed by atoms with Gasteiger partial charge in [-0.1, -0.05) is 25.7 Å². The monoisotopic (exact) mass is 251 g/mol. The lowest BCUT2D eigenvalue weighted by Gasteiger charge is -2.12. The maximum absolute atomic E-state index is 5.61. The first-order valence-corrected chi connectivity index (χ1v) is 7.28. The van der Waals surface area contributed by atoms with Gasteiger partial charge in [-0.05, 0) is 36.8 Å². The van der Waals surface area contributed by atoms with Crippen LogP contribution in [0.3, 0.4) is 0 Å². The summed E-state index contributed by atoms with van der Waals surface area (Å²) in [7, 11) is 0. The second-order valence-corrected chi connectivity index (χ2v) is 5.62. The van der Waals surface area contributed by atoms with E-state index in [1.807, 2.05) is 0 Å². The van der Waals surface area contributed by atoms with Crippen LogP contribution in [0.2, 0.25) is 0 Å². The van der Waals surface area contributed by atoms with Crippen LogP contribution in [0.1, 0.15) is 49.0 Å². The van der Waals surface area contributed by atoms with E-state index in [2.05, 4.69) is 23.8 Å². The van der Waals surface area contributed by atoms with E-state index in [1.165, 1.54) is 49.0 Å². The van der Waals surface area contributed by atoms with E-state index < -0.39 is 0 Å². The van der Waals surface area contributed by atoms with E-state index in [9.17, 15) is 0 Å². The van der Waals surface area contributed by atoms with Crippen molar-refractivity contribution < 1.29 is 0 Å². The maximum Gasteiger partial charge on any atom is 0.153 e. The Morgan fingerprint density at radius 3 is 2.59 bits per heavy atom. The van der Waals surface area contributed by atoms with Gasteiger partial charge in [0, 0.05) is 0 Å². The van der Waals surface area contributed by atoms with E-state index in [4.69, 9.17) is 10.8 Å². The quantitative estimate of drug-likeness (QED) is 0.279. The van der Waals surface area contributed by atoms with Crippen LogP contribution >= 0.6 is 11.3 Å². The number of aryl methyl sites for hydroxylation is 1. The summed E-state index contributed by atoms with van der Waals surface area (Å²) in [6.07, 6.45) is 7.72. The predicted molar refractivity (Wildman–Crippen MR) is 74.4 cm³/mol. The fourth-order valence-corrected chi connectivity index (χ4v) is 3.23. The summed E-state index contributed by atoms with van der Waals surface area (Å²) in [6.45, 7) is 2.10. The molecule has 3 N–H and O–H groups in total. The Kier molecular flexibility index (Phi) is 4.57. The van der Waals surface area contributed by atoms with Crippen LogP contribution in [0.4, 0.5) is 0 Å². The van der Waals surface area contributed by atoms with Crippen molar-refractivity contribution in [3.63, 3.8) is 0 Å². The maximum atomic E-state index is 5.61. The summed E-state index contributed by atoms with van der Waals surface area (Å²) in [5, 5.41) is 2.09. The van der Waals surface area contributed by atoms with Gasteiger partial charge in [0.2, 0.25) is 0 Å². The Labute approximate surface area is 107 Å². The fraction of sp³-hybridized carbons (Fsp3) is 0.615. The molecule has 0 aliphatic heterocycles. The smallest absolute Gasteiger partial charge is 0.153 e. The zero-order chi connectivity index (χ0) is 12.1. The van der Waals surface area contributed by atoms with E-state index >= 15 is 0 Å². The number of hydrogen-bond acceptors (Lipinski definition) is 3. The summed E-state index contributed by atoms with van der Waals surface area (Å²) in [4.78, 5) is 5.99. The zero-order valence-electron chi connectivity index (χ0n) is 10.4. The van der Waals surface area contributed by atoms with Crippen LogP contribution in [-0.4, -0.2) is 11.9 Å². The molecule has 0 bridgehead atoms. The van der Waals surface area contributed by atoms with Crippen molar-refractivity contribution in [1.29, 1.82) is 0 Å². The number of hydrogen-bond donors (Lipinski definition) is 2. The fourth-order valence-electron chi connectivity index (χ4n) is 2.35. The largest absolute Gasteiger partial charge is 0.308 e. The first kappa shape index (κ1) is 12.6. The number of amidine groups is 1. The topological polar surface area (TPSA) is 50.4 Å². The molecule has 4 heteroatoms. The van der Waals surface area contributed by atoms with Crippen molar-refractivity contribution in [2.45, 2.75) is 51.5 Å². The molecule has 0 spiro atoms. The van der Waals surface area contributed by atoms with Gasteiger partial charge < -0.3 is 5.43 Å². The molecular weight excluding hydrogens is 230 g/mol. The van der Waals surface area contributed by atoms with Gasteiger partial charge in [-0.2, -0.15) is 0 Å². The molecular formula is C13H21N3S. The van der Waals surface area contributed by atoms with Crippen LogP contribution in [0.25, 0.3) is 0 Å². The molecule has 1 saturated carbocycles. The van der Waals surface area contributed by atoms with Gasteiger partial charge in [-0.25, -0.2) is 5.84 Å². The third-order valence-electron chi connectivity index (χ3n) is 3.35. The van der Waals surface area contributed by atoms with Gasteiger partial charge in [0.25, 0.3) is 0 Å². The zero-order valence-corrected chi connectivity index (χ0v) is 11.2. The van der Waals surface area contributed by atoms with Gasteiger partial charge >= 0.3 is 0 Å². The van der Waals surface area contributed by atoms with Gasteiger partial charge in [-0.3, -0.25) is 4.99 Å². The van der Waals surface area contributed by atoms with Crippen molar-refractivity contribution in [3.05, 3.63) is 21.9 Å². The molecule has 2 rings (SSSR count). The summed E-state index contributed by atoms with van der Waals surface area (Å²) in [6, 6.07) is 2.56. The van der Waals surface area contributed by atoms with Crippen LogP contribution in [0, 0.1) is 6.92 Å². The van der Waals surface area contributed by atoms with E-state index in [-0.39, 0.29) is 0 Å². The molecule has 1 aliphatic rings. The second kappa shape index (κ2) is 6.17. The standard InChI is InChI=1S/C13H21N3S/c1-10-8-9-17-12(10)13(16-14)15-11-6-4-2-3-5-7-11/h8-9,11H,2-7,14H2,1H3,(H,15,16). The Morgan fingerprint density at radius 2 is 2.06 bits per heavy atom. The molecule has 0 radical (unpaired) electrons. The Balaban J connectivity index is 2.14. The van der Waals surface area contributed by atoms with E-state index in [1.54, 1.807) is 11.3 Å². The average molecular weight is 251 g/mol. The first-order chi connectivity index (χ1) is 8.31. The number of aliphatic imine (C=N–C) groups is 1. The molecule has 17 heavy (non-hydrogen) atoms. The number of hydrazine groups is 1. The molecule has 1 aliphatic carbocycles. The number of thiophene rings is 1. The van der Waals surface area contributed by atoms with Crippen LogP contribution in [0.15, 0.2) is 16.4 Å². The second-order valence-electron chi connectivity index (χ2n) is 4.70. The molecule has 94 valence electrons. The Bertz CT molecular complexity index is 376. The third kappa shape index (κ3) is 3.30. The highest BCUT2D eigenvalue weighted by Crippen LogP contribution is 2.22. The van der Waals surface area contributed by atoms with Gasteiger partial charge in [0.1, 0.15) is 0 Å². The summed E-state index contributed by atoms with van der Waals surface area (Å²) in [5.74, 6) is 6.48. The van der Waals surface area contributed by atoms with Crippen LogP contribution in [-0.2, 0) is 0 Å². The normalized spacial score (nSPS) is 19.1. The first-order valence-electron chi connectivity index (χ1n) is 6.40. The predicted octanol–water partition coefficient (Wildman–Crippen LogP) is 2.99. The van der Waals surface area contributed by atoms with E-state index in [0.717, 1.165) is 5.84 Å².